The fourth-order valence-corrected chi connectivity index (χ4v) is 3.41. The second-order valence-corrected chi connectivity index (χ2v) is 6.55. The van der Waals surface area contributed by atoms with Crippen LogP contribution in [-0.4, -0.2) is 31.4 Å². The molecule has 1 N–H and O–H groups in total. The first-order valence-corrected chi connectivity index (χ1v) is 8.76. The molecule has 0 aliphatic rings. The van der Waals surface area contributed by atoms with E-state index in [1.54, 1.807) is 22.2 Å². The lowest BCUT2D eigenvalue weighted by Crippen LogP contribution is -2.14. The quantitative estimate of drug-likeness (QED) is 0.706. The minimum atomic E-state index is -0.193. The van der Waals surface area contributed by atoms with Gasteiger partial charge in [0.25, 0.3) is 0 Å². The van der Waals surface area contributed by atoms with Crippen molar-refractivity contribution in [3.8, 4) is 17.6 Å². The standard InChI is InChI=1S/C15H12N6OS2/c1-21-13(11-4-2-3-6-17-11)19-20-15(21)24-9-12(22)18-14-10(8-16)5-7-23-14/h2-7H,9H2,1H3,(H,18,22). The maximum Gasteiger partial charge on any atom is 0.235 e. The monoisotopic (exact) mass is 356 g/mol. The maximum atomic E-state index is 12.0. The molecule has 0 aliphatic heterocycles. The average Bonchev–Trinajstić information content (AvgIpc) is 3.20. The van der Waals surface area contributed by atoms with Gasteiger partial charge < -0.3 is 9.88 Å². The first-order chi connectivity index (χ1) is 11.7. The molecule has 0 saturated carbocycles. The van der Waals surface area contributed by atoms with Crippen LogP contribution in [0.25, 0.3) is 11.5 Å². The number of nitrogens with one attached hydrogen (secondary N) is 1. The molecule has 1 amide bonds. The summed E-state index contributed by atoms with van der Waals surface area (Å²) < 4.78 is 1.80. The van der Waals surface area contributed by atoms with Crippen LogP contribution in [-0.2, 0) is 11.8 Å². The van der Waals surface area contributed by atoms with Gasteiger partial charge in [-0.1, -0.05) is 17.8 Å². The summed E-state index contributed by atoms with van der Waals surface area (Å²) >= 11 is 2.60. The van der Waals surface area contributed by atoms with Crippen molar-refractivity contribution in [3.63, 3.8) is 0 Å². The third-order valence-corrected chi connectivity index (χ3v) is 4.95. The van der Waals surface area contributed by atoms with Gasteiger partial charge in [0.1, 0.15) is 16.8 Å². The molecule has 0 radical (unpaired) electrons. The Labute approximate surface area is 146 Å². The summed E-state index contributed by atoms with van der Waals surface area (Å²) in [7, 11) is 1.83. The number of aromatic nitrogens is 4. The zero-order valence-electron chi connectivity index (χ0n) is 12.6. The van der Waals surface area contributed by atoms with Gasteiger partial charge in [-0.3, -0.25) is 9.78 Å². The van der Waals surface area contributed by atoms with E-state index in [1.807, 2.05) is 31.3 Å². The van der Waals surface area contributed by atoms with Gasteiger partial charge in [-0.15, -0.1) is 21.5 Å². The van der Waals surface area contributed by atoms with E-state index < -0.39 is 0 Å². The second kappa shape index (κ2) is 7.25. The van der Waals surface area contributed by atoms with Gasteiger partial charge >= 0.3 is 0 Å². The molecule has 9 heteroatoms. The van der Waals surface area contributed by atoms with E-state index in [2.05, 4.69) is 20.5 Å². The Hall–Kier alpha value is -2.70. The smallest absolute Gasteiger partial charge is 0.235 e. The summed E-state index contributed by atoms with van der Waals surface area (Å²) in [5, 5.41) is 22.9. The van der Waals surface area contributed by atoms with E-state index in [1.165, 1.54) is 23.1 Å². The lowest BCUT2D eigenvalue weighted by molar-refractivity contribution is -0.113. The van der Waals surface area contributed by atoms with Crippen molar-refractivity contribution >= 4 is 34.0 Å². The highest BCUT2D eigenvalue weighted by atomic mass is 32.2. The van der Waals surface area contributed by atoms with Crippen LogP contribution in [0.2, 0.25) is 0 Å². The minimum absolute atomic E-state index is 0.178. The van der Waals surface area contributed by atoms with Crippen molar-refractivity contribution in [2.75, 3.05) is 11.1 Å². The highest BCUT2D eigenvalue weighted by molar-refractivity contribution is 7.99. The van der Waals surface area contributed by atoms with Crippen LogP contribution >= 0.6 is 23.1 Å². The molecule has 3 heterocycles. The number of rotatable bonds is 5. The van der Waals surface area contributed by atoms with Crippen LogP contribution in [0.3, 0.4) is 0 Å². The van der Waals surface area contributed by atoms with Crippen LogP contribution < -0.4 is 5.32 Å². The molecule has 7 nitrogen and oxygen atoms in total. The summed E-state index contributed by atoms with van der Waals surface area (Å²) in [5.74, 6) is 0.626. The third-order valence-electron chi connectivity index (χ3n) is 3.10. The zero-order chi connectivity index (χ0) is 16.9. The Morgan fingerprint density at radius 2 is 2.29 bits per heavy atom. The molecular formula is C15H12N6OS2. The van der Waals surface area contributed by atoms with Gasteiger partial charge in [0, 0.05) is 13.2 Å². The lowest BCUT2D eigenvalue weighted by atomic mass is 10.3. The average molecular weight is 356 g/mol. The first-order valence-electron chi connectivity index (χ1n) is 6.90. The molecule has 0 fully saturated rings. The Bertz CT molecular complexity index is 896. The Morgan fingerprint density at radius 1 is 1.42 bits per heavy atom. The van der Waals surface area contributed by atoms with Crippen molar-refractivity contribution < 1.29 is 4.79 Å². The molecule has 0 unspecified atom stereocenters. The molecule has 0 bridgehead atoms. The third kappa shape index (κ3) is 3.45. The van der Waals surface area contributed by atoms with Gasteiger partial charge in [-0.25, -0.2) is 0 Å². The van der Waals surface area contributed by atoms with E-state index in [4.69, 9.17) is 5.26 Å². The van der Waals surface area contributed by atoms with Crippen molar-refractivity contribution in [1.29, 1.82) is 5.26 Å². The van der Waals surface area contributed by atoms with Crippen molar-refractivity contribution in [1.82, 2.24) is 19.7 Å². The van der Waals surface area contributed by atoms with Gasteiger partial charge in [-0.05, 0) is 23.6 Å². The summed E-state index contributed by atoms with van der Waals surface area (Å²) in [6.07, 6.45) is 1.69. The highest BCUT2D eigenvalue weighted by Crippen LogP contribution is 2.24. The van der Waals surface area contributed by atoms with E-state index in [0.717, 1.165) is 5.69 Å². The molecule has 3 rings (SSSR count). The zero-order valence-corrected chi connectivity index (χ0v) is 14.3. The first kappa shape index (κ1) is 16.2. The number of pyridine rings is 1. The van der Waals surface area contributed by atoms with E-state index in [-0.39, 0.29) is 11.7 Å². The number of hydrogen-bond donors (Lipinski definition) is 1. The number of thioether (sulfide) groups is 1. The summed E-state index contributed by atoms with van der Waals surface area (Å²) in [6.45, 7) is 0. The molecule has 3 aromatic heterocycles. The number of thiophene rings is 1. The molecule has 0 aliphatic carbocycles. The Kier molecular flexibility index (Phi) is 4.88. The number of anilines is 1. The predicted octanol–water partition coefficient (Wildman–Crippen LogP) is 2.54. The molecule has 0 atom stereocenters. The molecule has 24 heavy (non-hydrogen) atoms. The number of carbonyl (C=O) groups is 1. The van der Waals surface area contributed by atoms with Crippen molar-refractivity contribution in [2.45, 2.75) is 5.16 Å². The van der Waals surface area contributed by atoms with Crippen molar-refractivity contribution in [3.05, 3.63) is 41.4 Å². The van der Waals surface area contributed by atoms with Gasteiger partial charge in [0.2, 0.25) is 5.91 Å². The van der Waals surface area contributed by atoms with E-state index >= 15 is 0 Å². The second-order valence-electron chi connectivity index (χ2n) is 4.69. The van der Waals surface area contributed by atoms with Gasteiger partial charge in [-0.2, -0.15) is 5.26 Å². The molecule has 120 valence electrons. The summed E-state index contributed by atoms with van der Waals surface area (Å²) in [5.41, 5.74) is 1.19. The Morgan fingerprint density at radius 3 is 3.04 bits per heavy atom. The fraction of sp³-hybridized carbons (Fsp3) is 0.133. The van der Waals surface area contributed by atoms with Crippen LogP contribution in [0.15, 0.2) is 41.0 Å². The minimum Gasteiger partial charge on any atom is -0.316 e. The number of amides is 1. The molecular weight excluding hydrogens is 344 g/mol. The molecule has 3 aromatic rings. The molecule has 0 saturated heterocycles. The highest BCUT2D eigenvalue weighted by Gasteiger charge is 2.14. The van der Waals surface area contributed by atoms with Crippen LogP contribution in [0.1, 0.15) is 5.56 Å². The SMILES string of the molecule is Cn1c(SCC(=O)Nc2sccc2C#N)nnc1-c1ccccn1. The summed E-state index contributed by atoms with van der Waals surface area (Å²) in [4.78, 5) is 16.3. The van der Waals surface area contributed by atoms with E-state index in [0.29, 0.717) is 21.5 Å². The van der Waals surface area contributed by atoms with Crippen LogP contribution in [0.4, 0.5) is 5.00 Å². The van der Waals surface area contributed by atoms with Crippen LogP contribution in [0, 0.1) is 11.3 Å². The lowest BCUT2D eigenvalue weighted by Gasteiger charge is -2.04. The number of hydrogen-bond acceptors (Lipinski definition) is 7. The fourth-order valence-electron chi connectivity index (χ4n) is 1.95. The van der Waals surface area contributed by atoms with Crippen LogP contribution in [0.5, 0.6) is 0 Å². The number of carbonyl (C=O) groups excluding carboxylic acids is 1. The normalized spacial score (nSPS) is 10.3. The van der Waals surface area contributed by atoms with E-state index in [9.17, 15) is 4.79 Å². The molecule has 0 aromatic carbocycles. The van der Waals surface area contributed by atoms with Gasteiger partial charge in [0.15, 0.2) is 11.0 Å². The maximum absolute atomic E-state index is 12.0. The van der Waals surface area contributed by atoms with Gasteiger partial charge in [0.05, 0.1) is 11.3 Å². The Balaban J connectivity index is 1.64. The molecule has 0 spiro atoms. The predicted molar refractivity (Wildman–Crippen MR) is 92.6 cm³/mol. The largest absolute Gasteiger partial charge is 0.316 e. The topological polar surface area (TPSA) is 96.5 Å². The number of nitrogens with zero attached hydrogens (tertiary/aromatic N) is 5. The summed E-state index contributed by atoms with van der Waals surface area (Å²) in [6, 6.07) is 9.28. The van der Waals surface area contributed by atoms with Crippen molar-refractivity contribution in [2.24, 2.45) is 7.05 Å². The number of nitriles is 1.